The lowest BCUT2D eigenvalue weighted by Gasteiger charge is -2.15. The maximum Gasteiger partial charge on any atom is 0.416 e. The van der Waals surface area contributed by atoms with Crippen molar-refractivity contribution in [3.63, 3.8) is 0 Å². The van der Waals surface area contributed by atoms with E-state index < -0.39 is 11.7 Å². The topological polar surface area (TPSA) is 18.5 Å². The van der Waals surface area contributed by atoms with E-state index in [2.05, 4.69) is 0 Å². The first-order chi connectivity index (χ1) is 10.5. The average Bonchev–Trinajstić information content (AvgIpc) is 2.51. The summed E-state index contributed by atoms with van der Waals surface area (Å²) in [5.41, 5.74) is 0.189. The molecule has 2 rings (SSSR count). The minimum atomic E-state index is -4.40. The molecule has 0 amide bonds. The number of alkyl halides is 3. The van der Waals surface area contributed by atoms with Crippen molar-refractivity contribution in [2.24, 2.45) is 0 Å². The average molecular weight is 310 g/mol. The van der Waals surface area contributed by atoms with Gasteiger partial charge < -0.3 is 9.47 Å². The maximum absolute atomic E-state index is 12.8. The van der Waals surface area contributed by atoms with Gasteiger partial charge in [0.05, 0.1) is 12.2 Å². The van der Waals surface area contributed by atoms with E-state index in [0.29, 0.717) is 18.8 Å². The zero-order valence-electron chi connectivity index (χ0n) is 12.2. The number of ether oxygens (including phenoxy) is 2. The zero-order valence-corrected chi connectivity index (χ0v) is 12.2. The molecule has 0 N–H and O–H groups in total. The van der Waals surface area contributed by atoms with Crippen LogP contribution in [0.3, 0.4) is 0 Å². The van der Waals surface area contributed by atoms with Crippen LogP contribution in [0.1, 0.15) is 24.5 Å². The highest BCUT2D eigenvalue weighted by atomic mass is 19.4. The first kappa shape index (κ1) is 16.2. The summed E-state index contributed by atoms with van der Waals surface area (Å²) in [4.78, 5) is 0. The van der Waals surface area contributed by atoms with E-state index in [1.54, 1.807) is 0 Å². The standard InChI is InChI=1S/C17H17F3O2/c1-2-10-21-16-11-14(17(18,19)20)8-9-15(16)22-12-13-6-4-3-5-7-13/h3-9,11H,2,10,12H2,1H3. The van der Waals surface area contributed by atoms with E-state index in [1.807, 2.05) is 37.3 Å². The van der Waals surface area contributed by atoms with Crippen molar-refractivity contribution >= 4 is 0 Å². The van der Waals surface area contributed by atoms with E-state index in [-0.39, 0.29) is 12.4 Å². The second-order valence-corrected chi connectivity index (χ2v) is 4.78. The Hall–Kier alpha value is -2.17. The summed E-state index contributed by atoms with van der Waals surface area (Å²) < 4.78 is 49.3. The highest BCUT2D eigenvalue weighted by Gasteiger charge is 2.31. The van der Waals surface area contributed by atoms with E-state index in [1.165, 1.54) is 6.07 Å². The van der Waals surface area contributed by atoms with Gasteiger partial charge in [-0.3, -0.25) is 0 Å². The number of rotatable bonds is 6. The van der Waals surface area contributed by atoms with Gasteiger partial charge in [0.1, 0.15) is 6.61 Å². The molecule has 0 aliphatic rings. The largest absolute Gasteiger partial charge is 0.490 e. The summed E-state index contributed by atoms with van der Waals surface area (Å²) in [6.45, 7) is 2.50. The molecule has 118 valence electrons. The van der Waals surface area contributed by atoms with Crippen LogP contribution >= 0.6 is 0 Å². The van der Waals surface area contributed by atoms with Gasteiger partial charge in [-0.1, -0.05) is 37.3 Å². The minimum Gasteiger partial charge on any atom is -0.490 e. The molecule has 0 unspecified atom stereocenters. The van der Waals surface area contributed by atoms with Crippen LogP contribution in [0.2, 0.25) is 0 Å². The van der Waals surface area contributed by atoms with E-state index in [4.69, 9.17) is 9.47 Å². The van der Waals surface area contributed by atoms with Crippen LogP contribution in [0.5, 0.6) is 11.5 Å². The van der Waals surface area contributed by atoms with Crippen LogP contribution in [0, 0.1) is 0 Å². The molecule has 0 spiro atoms. The van der Waals surface area contributed by atoms with Crippen molar-refractivity contribution in [2.45, 2.75) is 26.1 Å². The van der Waals surface area contributed by atoms with Gasteiger partial charge in [-0.2, -0.15) is 13.2 Å². The normalized spacial score (nSPS) is 11.3. The van der Waals surface area contributed by atoms with Crippen LogP contribution in [-0.2, 0) is 12.8 Å². The second-order valence-electron chi connectivity index (χ2n) is 4.78. The van der Waals surface area contributed by atoms with Gasteiger partial charge in [-0.05, 0) is 30.2 Å². The Morgan fingerprint density at radius 3 is 2.27 bits per heavy atom. The van der Waals surface area contributed by atoms with Crippen LogP contribution in [-0.4, -0.2) is 6.61 Å². The van der Waals surface area contributed by atoms with Gasteiger partial charge in [0, 0.05) is 0 Å². The van der Waals surface area contributed by atoms with Gasteiger partial charge >= 0.3 is 6.18 Å². The fraction of sp³-hybridized carbons (Fsp3) is 0.294. The van der Waals surface area contributed by atoms with E-state index >= 15 is 0 Å². The van der Waals surface area contributed by atoms with Crippen molar-refractivity contribution in [3.05, 3.63) is 59.7 Å². The number of hydrogen-bond donors (Lipinski definition) is 0. The molecule has 0 heterocycles. The summed E-state index contributed by atoms with van der Waals surface area (Å²) in [7, 11) is 0. The smallest absolute Gasteiger partial charge is 0.416 e. The second kappa shape index (κ2) is 7.20. The highest BCUT2D eigenvalue weighted by Crippen LogP contribution is 2.36. The van der Waals surface area contributed by atoms with E-state index in [9.17, 15) is 13.2 Å². The van der Waals surface area contributed by atoms with Crippen molar-refractivity contribution in [2.75, 3.05) is 6.61 Å². The molecular weight excluding hydrogens is 293 g/mol. The molecule has 0 aliphatic heterocycles. The molecule has 0 saturated heterocycles. The fourth-order valence-electron chi connectivity index (χ4n) is 1.86. The molecule has 0 saturated carbocycles. The third-order valence-corrected chi connectivity index (χ3v) is 2.97. The summed E-state index contributed by atoms with van der Waals surface area (Å²) in [5, 5.41) is 0. The minimum absolute atomic E-state index is 0.118. The maximum atomic E-state index is 12.8. The molecule has 0 aromatic heterocycles. The summed E-state index contributed by atoms with van der Waals surface area (Å²) in [6.07, 6.45) is -3.70. The Bertz CT molecular complexity index is 595. The molecule has 0 fully saturated rings. The molecule has 0 radical (unpaired) electrons. The molecule has 0 aliphatic carbocycles. The quantitative estimate of drug-likeness (QED) is 0.741. The van der Waals surface area contributed by atoms with E-state index in [0.717, 1.165) is 17.7 Å². The number of benzene rings is 2. The molecule has 22 heavy (non-hydrogen) atoms. The number of halogens is 3. The number of hydrogen-bond acceptors (Lipinski definition) is 2. The first-order valence-electron chi connectivity index (χ1n) is 7.01. The van der Waals surface area contributed by atoms with Crippen molar-refractivity contribution in [1.29, 1.82) is 0 Å². The lowest BCUT2D eigenvalue weighted by atomic mass is 10.2. The Morgan fingerprint density at radius 2 is 1.64 bits per heavy atom. The Balaban J connectivity index is 2.18. The van der Waals surface area contributed by atoms with Crippen LogP contribution < -0.4 is 9.47 Å². The third-order valence-electron chi connectivity index (χ3n) is 2.97. The van der Waals surface area contributed by atoms with Crippen LogP contribution in [0.4, 0.5) is 13.2 Å². The molecule has 5 heteroatoms. The monoisotopic (exact) mass is 310 g/mol. The lowest BCUT2D eigenvalue weighted by molar-refractivity contribution is -0.137. The van der Waals surface area contributed by atoms with Gasteiger partial charge in [0.25, 0.3) is 0 Å². The lowest BCUT2D eigenvalue weighted by Crippen LogP contribution is -2.07. The summed E-state index contributed by atoms with van der Waals surface area (Å²) in [6, 6.07) is 12.7. The predicted octanol–water partition coefficient (Wildman–Crippen LogP) is 5.07. The van der Waals surface area contributed by atoms with Gasteiger partial charge in [0.15, 0.2) is 11.5 Å². The molecule has 0 atom stereocenters. The predicted molar refractivity (Wildman–Crippen MR) is 78.0 cm³/mol. The SMILES string of the molecule is CCCOc1cc(C(F)(F)F)ccc1OCc1ccccc1. The summed E-state index contributed by atoms with van der Waals surface area (Å²) in [5.74, 6) is 0.429. The summed E-state index contributed by atoms with van der Waals surface area (Å²) >= 11 is 0. The Kier molecular flexibility index (Phi) is 5.31. The molecule has 2 nitrogen and oxygen atoms in total. The molecule has 0 bridgehead atoms. The van der Waals surface area contributed by atoms with Gasteiger partial charge in [-0.15, -0.1) is 0 Å². The molecule has 2 aromatic rings. The third kappa shape index (κ3) is 4.41. The Labute approximate surface area is 127 Å². The molecular formula is C17H17F3O2. The van der Waals surface area contributed by atoms with Crippen LogP contribution in [0.15, 0.2) is 48.5 Å². The highest BCUT2D eigenvalue weighted by molar-refractivity contribution is 5.44. The fourth-order valence-corrected chi connectivity index (χ4v) is 1.86. The van der Waals surface area contributed by atoms with Gasteiger partial charge in [0.2, 0.25) is 0 Å². The zero-order chi connectivity index (χ0) is 16.0. The molecule has 2 aromatic carbocycles. The van der Waals surface area contributed by atoms with Crippen LogP contribution in [0.25, 0.3) is 0 Å². The van der Waals surface area contributed by atoms with Crippen molar-refractivity contribution < 1.29 is 22.6 Å². The Morgan fingerprint density at radius 1 is 0.909 bits per heavy atom. The first-order valence-corrected chi connectivity index (χ1v) is 7.01. The van der Waals surface area contributed by atoms with Crippen molar-refractivity contribution in [3.8, 4) is 11.5 Å². The van der Waals surface area contributed by atoms with Crippen molar-refractivity contribution in [1.82, 2.24) is 0 Å². The van der Waals surface area contributed by atoms with Gasteiger partial charge in [-0.25, -0.2) is 0 Å².